The molecule has 0 aromatic heterocycles. The Morgan fingerprint density at radius 1 is 0.532 bits per heavy atom. The fourth-order valence-corrected chi connectivity index (χ4v) is 8.91. The zero-order valence-corrected chi connectivity index (χ0v) is 48.5. The summed E-state index contributed by atoms with van der Waals surface area (Å²) in [4.78, 5) is 26.5. The first kappa shape index (κ1) is 71.3. The van der Waals surface area contributed by atoms with Gasteiger partial charge in [0.15, 0.2) is 12.4 Å². The standard InChI is InChI=1S/C66H111NO10/c1-4-7-10-13-16-19-22-25-27-28-29-30-31-32-33-36-39-42-45-48-51-54-61(71)77-64-63(73)62(72)60(55-68)76-66(64)75-56-57(58(69)52-49-46-43-40-37-34-24-21-18-15-12-9-6-3)67-65(74)59(70)53-50-47-44-41-38-35-26-23-20-17-14-11-8-5-2/h7-8,10-11,14,16-17,19-20,23,25,27,29-30,32-33,49,52,57-60,62-64,66,68-70,72-73H,4-6,9,12-13,15,18,21-22,24,26,28,31,34-48,50-51,53-56H2,1-3H3,(H,67,74)/b10-7-,11-8+,17-14+,19-16-,23-20+,27-25-,30-29-,33-32-,52-49+. The number of ether oxygens (including phenoxy) is 3. The largest absolute Gasteiger partial charge is 0.454 e. The SMILES string of the molecule is CC/C=C\C/C=C\C/C=C\C/C=C\C/C=C\CCCCCCCC(=O)OC1C(OCC(NC(=O)C(O)CCCCCCCC/C=C/C=C/C=C/CC)C(O)/C=C/CCCCCCCCCCCCC)OC(CO)C(O)C1O. The third kappa shape index (κ3) is 41.1. The summed E-state index contributed by atoms with van der Waals surface area (Å²) in [5, 5.41) is 57.0. The van der Waals surface area contributed by atoms with Crippen LogP contribution in [0.2, 0.25) is 0 Å². The van der Waals surface area contributed by atoms with Gasteiger partial charge in [-0.15, -0.1) is 0 Å². The minimum atomic E-state index is -1.63. The second-order valence-electron chi connectivity index (χ2n) is 20.7. The number of hydrogen-bond acceptors (Lipinski definition) is 10. The summed E-state index contributed by atoms with van der Waals surface area (Å²) in [6.07, 6.45) is 61.2. The number of nitrogens with one attached hydrogen (secondary N) is 1. The minimum absolute atomic E-state index is 0.0939. The predicted molar refractivity (Wildman–Crippen MR) is 319 cm³/mol. The molecule has 8 unspecified atom stereocenters. The molecule has 8 atom stereocenters. The average molecular weight is 1080 g/mol. The van der Waals surface area contributed by atoms with Gasteiger partial charge in [-0.05, 0) is 89.9 Å². The number of aliphatic hydroxyl groups is 5. The molecule has 1 amide bonds. The smallest absolute Gasteiger partial charge is 0.306 e. The number of rotatable bonds is 50. The summed E-state index contributed by atoms with van der Waals surface area (Å²) < 4.78 is 17.6. The second kappa shape index (κ2) is 53.0. The van der Waals surface area contributed by atoms with E-state index in [1.807, 2.05) is 18.2 Å². The highest BCUT2D eigenvalue weighted by Crippen LogP contribution is 2.26. The third-order valence-corrected chi connectivity index (χ3v) is 13.7. The summed E-state index contributed by atoms with van der Waals surface area (Å²) in [6.45, 7) is 5.52. The van der Waals surface area contributed by atoms with Crippen LogP contribution in [0.1, 0.15) is 233 Å². The Labute approximate surface area is 468 Å². The van der Waals surface area contributed by atoms with Crippen molar-refractivity contribution in [1.82, 2.24) is 5.32 Å². The molecule has 0 aromatic rings. The van der Waals surface area contributed by atoms with Crippen molar-refractivity contribution in [2.45, 2.75) is 282 Å². The van der Waals surface area contributed by atoms with Crippen molar-refractivity contribution in [2.24, 2.45) is 0 Å². The first-order valence-corrected chi connectivity index (χ1v) is 30.7. The van der Waals surface area contributed by atoms with E-state index in [0.29, 0.717) is 12.8 Å². The molecule has 1 heterocycles. The lowest BCUT2D eigenvalue weighted by molar-refractivity contribution is -0.305. The van der Waals surface area contributed by atoms with Crippen molar-refractivity contribution < 1.29 is 49.3 Å². The van der Waals surface area contributed by atoms with Gasteiger partial charge in [0, 0.05) is 6.42 Å². The van der Waals surface area contributed by atoms with Gasteiger partial charge in [-0.1, -0.05) is 246 Å². The monoisotopic (exact) mass is 1080 g/mol. The van der Waals surface area contributed by atoms with Crippen LogP contribution in [0.15, 0.2) is 109 Å². The Kier molecular flexibility index (Phi) is 49.1. The van der Waals surface area contributed by atoms with Crippen molar-refractivity contribution in [2.75, 3.05) is 13.2 Å². The highest BCUT2D eigenvalue weighted by Gasteiger charge is 2.47. The molecule has 0 aromatic carbocycles. The van der Waals surface area contributed by atoms with Gasteiger partial charge in [0.2, 0.25) is 5.91 Å². The maximum atomic E-state index is 13.4. The molecule has 0 aliphatic carbocycles. The van der Waals surface area contributed by atoms with Gasteiger partial charge in [-0.2, -0.15) is 0 Å². The Bertz CT molecular complexity index is 1660. The van der Waals surface area contributed by atoms with Gasteiger partial charge in [0.25, 0.3) is 0 Å². The van der Waals surface area contributed by atoms with Crippen molar-refractivity contribution in [3.63, 3.8) is 0 Å². The number of hydrogen-bond donors (Lipinski definition) is 6. The van der Waals surface area contributed by atoms with Crippen LogP contribution in [0.5, 0.6) is 0 Å². The van der Waals surface area contributed by atoms with E-state index in [-0.39, 0.29) is 19.4 Å². The van der Waals surface area contributed by atoms with Crippen molar-refractivity contribution >= 4 is 11.9 Å². The summed E-state index contributed by atoms with van der Waals surface area (Å²) in [5.74, 6) is -1.23. The van der Waals surface area contributed by atoms with E-state index >= 15 is 0 Å². The quantitative estimate of drug-likeness (QED) is 0.0149. The maximum Gasteiger partial charge on any atom is 0.306 e. The van der Waals surface area contributed by atoms with Gasteiger partial charge in [0.1, 0.15) is 24.4 Å². The van der Waals surface area contributed by atoms with E-state index in [4.69, 9.17) is 14.2 Å². The molecule has 6 N–H and O–H groups in total. The van der Waals surface area contributed by atoms with E-state index in [2.05, 4.69) is 111 Å². The second-order valence-corrected chi connectivity index (χ2v) is 20.7. The van der Waals surface area contributed by atoms with Crippen LogP contribution in [-0.4, -0.2) is 99.6 Å². The molecule has 0 saturated carbocycles. The van der Waals surface area contributed by atoms with Crippen LogP contribution in [-0.2, 0) is 23.8 Å². The zero-order valence-electron chi connectivity index (χ0n) is 48.5. The molecule has 440 valence electrons. The minimum Gasteiger partial charge on any atom is -0.454 e. The number of aliphatic hydroxyl groups excluding tert-OH is 5. The summed E-state index contributed by atoms with van der Waals surface area (Å²) >= 11 is 0. The van der Waals surface area contributed by atoms with Crippen LogP contribution in [0.3, 0.4) is 0 Å². The molecule has 1 rings (SSSR count). The lowest BCUT2D eigenvalue weighted by Gasteiger charge is -2.41. The highest BCUT2D eigenvalue weighted by atomic mass is 16.7. The number of carbonyl (C=O) groups is 2. The van der Waals surface area contributed by atoms with Gasteiger partial charge >= 0.3 is 5.97 Å². The number of amides is 1. The molecule has 1 aliphatic rings. The fourth-order valence-electron chi connectivity index (χ4n) is 8.91. The van der Waals surface area contributed by atoms with E-state index in [0.717, 1.165) is 128 Å². The first-order chi connectivity index (χ1) is 37.7. The molecule has 0 radical (unpaired) electrons. The van der Waals surface area contributed by atoms with Gasteiger partial charge in [-0.25, -0.2) is 0 Å². The maximum absolute atomic E-state index is 13.4. The number of carbonyl (C=O) groups excluding carboxylic acids is 2. The van der Waals surface area contributed by atoms with Gasteiger partial charge in [-0.3, -0.25) is 9.59 Å². The Hall–Kier alpha value is -3.68. The number of esters is 1. The Morgan fingerprint density at radius 3 is 1.55 bits per heavy atom. The van der Waals surface area contributed by atoms with Crippen LogP contribution in [0.25, 0.3) is 0 Å². The lowest BCUT2D eigenvalue weighted by Crippen LogP contribution is -2.61. The molecule has 1 aliphatic heterocycles. The molecule has 11 nitrogen and oxygen atoms in total. The van der Waals surface area contributed by atoms with Crippen LogP contribution in [0, 0.1) is 0 Å². The third-order valence-electron chi connectivity index (χ3n) is 13.7. The molecule has 0 bridgehead atoms. The van der Waals surface area contributed by atoms with Crippen LogP contribution in [0.4, 0.5) is 0 Å². The van der Waals surface area contributed by atoms with E-state index in [1.165, 1.54) is 57.8 Å². The highest BCUT2D eigenvalue weighted by molar-refractivity contribution is 5.80. The van der Waals surface area contributed by atoms with E-state index in [1.54, 1.807) is 6.08 Å². The summed E-state index contributed by atoms with van der Waals surface area (Å²) in [5.41, 5.74) is 0. The van der Waals surface area contributed by atoms with Crippen molar-refractivity contribution in [1.29, 1.82) is 0 Å². The molecule has 1 saturated heterocycles. The van der Waals surface area contributed by atoms with Gasteiger partial charge < -0.3 is 45.1 Å². The molecule has 1 fully saturated rings. The molecule has 11 heteroatoms. The summed E-state index contributed by atoms with van der Waals surface area (Å²) in [7, 11) is 0. The normalized spacial score (nSPS) is 19.8. The van der Waals surface area contributed by atoms with E-state index < -0.39 is 67.4 Å². The first-order valence-electron chi connectivity index (χ1n) is 30.7. The van der Waals surface area contributed by atoms with Gasteiger partial charge in [0.05, 0.1) is 25.4 Å². The molecular formula is C66H111NO10. The lowest BCUT2D eigenvalue weighted by atomic mass is 9.99. The summed E-state index contributed by atoms with van der Waals surface area (Å²) in [6, 6.07) is -1.04. The predicted octanol–water partition coefficient (Wildman–Crippen LogP) is 14.5. The molecule has 77 heavy (non-hydrogen) atoms. The number of allylic oxidation sites excluding steroid dienone is 17. The molecular weight excluding hydrogens is 967 g/mol. The topological polar surface area (TPSA) is 175 Å². The zero-order chi connectivity index (χ0) is 56.1. The Morgan fingerprint density at radius 2 is 1.00 bits per heavy atom. The Balaban J connectivity index is 2.71. The molecule has 0 spiro atoms. The van der Waals surface area contributed by atoms with Crippen molar-refractivity contribution in [3.8, 4) is 0 Å². The van der Waals surface area contributed by atoms with Crippen LogP contribution < -0.4 is 5.32 Å². The van der Waals surface area contributed by atoms with Crippen molar-refractivity contribution in [3.05, 3.63) is 109 Å². The number of unbranched alkanes of at least 4 members (excludes halogenated alkanes) is 22. The fraction of sp³-hybridized carbons (Fsp3) is 0.697. The van der Waals surface area contributed by atoms with Crippen LogP contribution >= 0.6 is 0 Å². The average Bonchev–Trinajstić information content (AvgIpc) is 3.43. The van der Waals surface area contributed by atoms with E-state index in [9.17, 15) is 35.1 Å².